The second-order valence-corrected chi connectivity index (χ2v) is 9.25. The highest BCUT2D eigenvalue weighted by Gasteiger charge is 2.46. The van der Waals surface area contributed by atoms with E-state index in [1.807, 2.05) is 66.9 Å². The Morgan fingerprint density at radius 2 is 1.82 bits per heavy atom. The monoisotopic (exact) mass is 465 g/mol. The van der Waals surface area contributed by atoms with Gasteiger partial charge in [0, 0.05) is 11.9 Å². The van der Waals surface area contributed by atoms with Crippen molar-refractivity contribution in [3.05, 3.63) is 87.6 Å². The lowest BCUT2D eigenvalue weighted by Gasteiger charge is -2.39. The van der Waals surface area contributed by atoms with E-state index < -0.39 is 11.5 Å². The maximum Gasteiger partial charge on any atom is 0.235 e. The van der Waals surface area contributed by atoms with Crippen LogP contribution in [0.4, 0.5) is 0 Å². The summed E-state index contributed by atoms with van der Waals surface area (Å²) in [7, 11) is 1.64. The molecule has 1 aliphatic heterocycles. The van der Waals surface area contributed by atoms with Crippen LogP contribution in [0.15, 0.2) is 71.0 Å². The van der Waals surface area contributed by atoms with Crippen LogP contribution in [-0.4, -0.2) is 23.8 Å². The second-order valence-electron chi connectivity index (χ2n) is 8.33. The van der Waals surface area contributed by atoms with E-state index in [-0.39, 0.29) is 11.9 Å². The van der Waals surface area contributed by atoms with E-state index in [0.717, 1.165) is 21.6 Å². The first-order valence-corrected chi connectivity index (χ1v) is 11.6. The molecule has 2 heterocycles. The van der Waals surface area contributed by atoms with Crippen LogP contribution in [0, 0.1) is 28.6 Å². The van der Waals surface area contributed by atoms with Gasteiger partial charge in [0.1, 0.15) is 5.54 Å². The number of nitrogens with two attached hydrogens (primary N) is 1. The highest BCUT2D eigenvalue weighted by atomic mass is 32.1. The van der Waals surface area contributed by atoms with Gasteiger partial charge in [-0.15, -0.1) is 11.3 Å². The Bertz CT molecular complexity index is 1390. The van der Waals surface area contributed by atoms with Crippen LogP contribution in [0.25, 0.3) is 17.2 Å². The van der Waals surface area contributed by atoms with E-state index in [1.165, 1.54) is 16.2 Å². The van der Waals surface area contributed by atoms with Crippen LogP contribution in [0.3, 0.4) is 0 Å². The third-order valence-electron chi connectivity index (χ3n) is 6.12. The molecule has 1 aromatic heterocycles. The molecule has 6 nitrogen and oxygen atoms in total. The van der Waals surface area contributed by atoms with Gasteiger partial charge in [-0.05, 0) is 65.7 Å². The van der Waals surface area contributed by atoms with Crippen molar-refractivity contribution in [1.29, 1.82) is 10.5 Å². The first-order chi connectivity index (χ1) is 16.4. The maximum atomic E-state index is 13.3. The zero-order valence-corrected chi connectivity index (χ0v) is 19.7. The molecule has 7 heteroatoms. The fourth-order valence-corrected chi connectivity index (χ4v) is 5.19. The van der Waals surface area contributed by atoms with Crippen molar-refractivity contribution in [2.75, 3.05) is 7.05 Å². The summed E-state index contributed by atoms with van der Waals surface area (Å²) in [6, 6.07) is 21.1. The molecule has 2 aromatic carbocycles. The third kappa shape index (κ3) is 4.34. The molecule has 0 aliphatic carbocycles. The predicted molar refractivity (Wildman–Crippen MR) is 135 cm³/mol. The summed E-state index contributed by atoms with van der Waals surface area (Å²) in [5, 5.41) is 20.4. The Kier molecular flexibility index (Phi) is 6.32. The third-order valence-corrected chi connectivity index (χ3v) is 7.28. The molecular formula is C27H23N5OS. The number of benzene rings is 2. The Hall–Kier alpha value is -4.20. The molecular weight excluding hydrogens is 442 g/mol. The number of hydrogen-bond acceptors (Lipinski definition) is 6. The lowest BCUT2D eigenvalue weighted by molar-refractivity contribution is -0.133. The zero-order chi connectivity index (χ0) is 24.3. The molecule has 2 N–H and O–H groups in total. The first kappa shape index (κ1) is 23.0. The number of carbonyl (C=O) groups excluding carboxylic acids is 1. The molecule has 0 fully saturated rings. The second kappa shape index (κ2) is 9.35. The number of allylic oxidation sites excluding steroid dienone is 1. The minimum absolute atomic E-state index is 0.0909. The van der Waals surface area contributed by atoms with E-state index in [9.17, 15) is 10.1 Å². The molecule has 0 saturated heterocycles. The number of nitriles is 2. The summed E-state index contributed by atoms with van der Waals surface area (Å²) in [4.78, 5) is 20.4. The summed E-state index contributed by atoms with van der Waals surface area (Å²) < 4.78 is 0. The summed E-state index contributed by atoms with van der Waals surface area (Å²) in [5.74, 6) is -0.347. The highest BCUT2D eigenvalue weighted by molar-refractivity contribution is 7.10. The quantitative estimate of drug-likeness (QED) is 0.579. The molecule has 1 aliphatic rings. The number of guanidine groups is 1. The average Bonchev–Trinajstić information content (AvgIpc) is 3.36. The standard InChI is InChI=1S/C27H23N5OS/c1-27(24-14-22(17-34-24)21-10-4-9-20(13-21)16-29)23(25(33)32(2)26(30)31-27)11-5-7-18-6-3-8-19(12-18)15-28/h3-10,12-14,17,23H,11H2,1-2H3,(H2,30,31)/t23?,27-/m0/s1. The van der Waals surface area contributed by atoms with Gasteiger partial charge in [-0.25, -0.2) is 4.99 Å². The first-order valence-electron chi connectivity index (χ1n) is 10.7. The molecule has 3 aromatic rings. The summed E-state index contributed by atoms with van der Waals surface area (Å²) in [6.07, 6.45) is 4.33. The number of amides is 1. The van der Waals surface area contributed by atoms with Crippen molar-refractivity contribution in [2.45, 2.75) is 18.9 Å². The van der Waals surface area contributed by atoms with Crippen molar-refractivity contribution >= 4 is 29.3 Å². The Morgan fingerprint density at radius 1 is 1.12 bits per heavy atom. The molecule has 168 valence electrons. The number of hydrogen-bond donors (Lipinski definition) is 1. The molecule has 2 atom stereocenters. The van der Waals surface area contributed by atoms with E-state index >= 15 is 0 Å². The van der Waals surface area contributed by atoms with E-state index in [2.05, 4.69) is 12.1 Å². The van der Waals surface area contributed by atoms with Gasteiger partial charge in [-0.2, -0.15) is 10.5 Å². The van der Waals surface area contributed by atoms with Gasteiger partial charge in [0.2, 0.25) is 5.91 Å². The van der Waals surface area contributed by atoms with Crippen molar-refractivity contribution < 1.29 is 4.79 Å². The highest BCUT2D eigenvalue weighted by Crippen LogP contribution is 2.44. The van der Waals surface area contributed by atoms with Crippen molar-refractivity contribution in [3.8, 4) is 23.3 Å². The van der Waals surface area contributed by atoms with E-state index in [4.69, 9.17) is 16.0 Å². The number of rotatable bonds is 5. The SMILES string of the molecule is CN1C(=O)C(CC=Cc2cccc(C#N)c2)[C@@](C)(c2cc(-c3cccc(C#N)c3)cs2)N=C1N. The molecule has 0 spiro atoms. The molecule has 4 rings (SSSR count). The minimum atomic E-state index is -0.831. The van der Waals surface area contributed by atoms with Crippen molar-refractivity contribution in [3.63, 3.8) is 0 Å². The molecule has 0 radical (unpaired) electrons. The van der Waals surface area contributed by atoms with Gasteiger partial charge in [0.25, 0.3) is 0 Å². The molecule has 0 bridgehead atoms. The molecule has 1 amide bonds. The van der Waals surface area contributed by atoms with Crippen LogP contribution >= 0.6 is 11.3 Å². The average molecular weight is 466 g/mol. The lowest BCUT2D eigenvalue weighted by Crippen LogP contribution is -2.53. The Labute approximate surface area is 202 Å². The Morgan fingerprint density at radius 3 is 2.56 bits per heavy atom. The minimum Gasteiger partial charge on any atom is -0.369 e. The Balaban J connectivity index is 1.68. The van der Waals surface area contributed by atoms with Gasteiger partial charge in [-0.3, -0.25) is 9.69 Å². The van der Waals surface area contributed by atoms with Crippen LogP contribution in [0.2, 0.25) is 0 Å². The van der Waals surface area contributed by atoms with Crippen LogP contribution in [0.5, 0.6) is 0 Å². The number of aliphatic imine (C=N–C) groups is 1. The predicted octanol–water partition coefficient (Wildman–Crippen LogP) is 4.88. The van der Waals surface area contributed by atoms with E-state index in [0.29, 0.717) is 17.5 Å². The molecule has 0 saturated carbocycles. The molecule has 1 unspecified atom stereocenters. The van der Waals surface area contributed by atoms with Crippen molar-refractivity contribution in [1.82, 2.24) is 4.90 Å². The fourth-order valence-electron chi connectivity index (χ4n) is 4.11. The lowest BCUT2D eigenvalue weighted by atomic mass is 9.79. The van der Waals surface area contributed by atoms with Crippen LogP contribution < -0.4 is 5.73 Å². The van der Waals surface area contributed by atoms with Gasteiger partial charge in [0.05, 0.1) is 29.2 Å². The van der Waals surface area contributed by atoms with Gasteiger partial charge in [0.15, 0.2) is 5.96 Å². The topological polar surface area (TPSA) is 106 Å². The van der Waals surface area contributed by atoms with E-state index in [1.54, 1.807) is 19.2 Å². The van der Waals surface area contributed by atoms with Gasteiger partial charge >= 0.3 is 0 Å². The fraction of sp³-hybridized carbons (Fsp3) is 0.185. The normalized spacial score (nSPS) is 20.1. The van der Waals surface area contributed by atoms with Crippen LogP contribution in [-0.2, 0) is 10.3 Å². The van der Waals surface area contributed by atoms with Crippen molar-refractivity contribution in [2.24, 2.45) is 16.6 Å². The number of nitrogens with zero attached hydrogens (tertiary/aromatic N) is 4. The summed E-state index contributed by atoms with van der Waals surface area (Å²) in [5.41, 5.74) is 9.29. The summed E-state index contributed by atoms with van der Waals surface area (Å²) >= 11 is 1.53. The largest absolute Gasteiger partial charge is 0.369 e. The maximum absolute atomic E-state index is 13.3. The molecule has 34 heavy (non-hydrogen) atoms. The number of carbonyl (C=O) groups is 1. The van der Waals surface area contributed by atoms with Gasteiger partial charge in [-0.1, -0.05) is 36.4 Å². The van der Waals surface area contributed by atoms with Gasteiger partial charge < -0.3 is 5.73 Å². The summed E-state index contributed by atoms with van der Waals surface area (Å²) in [6.45, 7) is 1.95. The smallest absolute Gasteiger partial charge is 0.235 e. The zero-order valence-electron chi connectivity index (χ0n) is 18.9. The van der Waals surface area contributed by atoms with Crippen LogP contribution in [0.1, 0.15) is 34.9 Å². The number of thiophene rings is 1.